The molecule has 2 aliphatic rings. The molecule has 0 radical (unpaired) electrons. The Morgan fingerprint density at radius 2 is 2.14 bits per heavy atom. The molecule has 1 aliphatic heterocycles. The zero-order chi connectivity index (χ0) is 19.8. The molecule has 6 nitrogen and oxygen atoms in total. The van der Waals surface area contributed by atoms with Gasteiger partial charge in [0.05, 0.1) is 20.1 Å². The van der Waals surface area contributed by atoms with Gasteiger partial charge in [-0.1, -0.05) is 12.1 Å². The molecule has 0 aromatic heterocycles. The lowest BCUT2D eigenvalue weighted by Gasteiger charge is -2.17. The Balaban J connectivity index is 1.55. The summed E-state index contributed by atoms with van der Waals surface area (Å²) in [5.41, 5.74) is 2.19. The molecular formula is C20H20BFO6. The summed E-state index contributed by atoms with van der Waals surface area (Å²) in [5.74, 6) is 0.406. The van der Waals surface area contributed by atoms with Gasteiger partial charge in [0.1, 0.15) is 23.4 Å². The van der Waals surface area contributed by atoms with Gasteiger partial charge in [-0.25, -0.2) is 4.39 Å². The summed E-state index contributed by atoms with van der Waals surface area (Å²) in [7, 11) is -0.288. The quantitative estimate of drug-likeness (QED) is 0.600. The van der Waals surface area contributed by atoms with Gasteiger partial charge in [0.25, 0.3) is 0 Å². The van der Waals surface area contributed by atoms with E-state index in [4.69, 9.17) is 14.2 Å². The molecule has 0 fully saturated rings. The van der Waals surface area contributed by atoms with Crippen LogP contribution in [0.4, 0.5) is 4.39 Å². The molecule has 2 atom stereocenters. The van der Waals surface area contributed by atoms with E-state index in [0.29, 0.717) is 47.5 Å². The third-order valence-electron chi connectivity index (χ3n) is 5.38. The minimum absolute atomic E-state index is 0.0604. The fourth-order valence-electron chi connectivity index (χ4n) is 4.01. The van der Waals surface area contributed by atoms with Crippen molar-refractivity contribution >= 4 is 18.6 Å². The number of carbonyl (C=O) groups is 1. The van der Waals surface area contributed by atoms with Crippen molar-refractivity contribution in [2.75, 3.05) is 13.7 Å². The molecule has 0 amide bonds. The van der Waals surface area contributed by atoms with Crippen molar-refractivity contribution < 1.29 is 33.4 Å². The summed E-state index contributed by atoms with van der Waals surface area (Å²) in [6.45, 7) is 0.395. The van der Waals surface area contributed by atoms with Gasteiger partial charge in [0.15, 0.2) is 0 Å². The molecular weight excluding hydrogens is 366 g/mol. The van der Waals surface area contributed by atoms with Crippen LogP contribution in [0.25, 0.3) is 0 Å². The van der Waals surface area contributed by atoms with E-state index in [1.54, 1.807) is 12.1 Å². The van der Waals surface area contributed by atoms with Gasteiger partial charge in [-0.05, 0) is 36.0 Å². The van der Waals surface area contributed by atoms with Crippen molar-refractivity contribution in [2.45, 2.75) is 31.3 Å². The molecule has 0 saturated heterocycles. The van der Waals surface area contributed by atoms with Crippen molar-refractivity contribution in [2.24, 2.45) is 0 Å². The third-order valence-corrected chi connectivity index (χ3v) is 5.38. The number of benzene rings is 2. The monoisotopic (exact) mass is 386 g/mol. The lowest BCUT2D eigenvalue weighted by molar-refractivity contribution is -0.141. The Kier molecular flexibility index (Phi) is 4.99. The number of rotatable bonds is 5. The van der Waals surface area contributed by atoms with Gasteiger partial charge >= 0.3 is 13.1 Å². The number of carbonyl (C=O) groups excluding carboxylic acids is 1. The summed E-state index contributed by atoms with van der Waals surface area (Å²) in [6.07, 6.45) is 0.780. The number of methoxy groups -OCH3 is 1. The van der Waals surface area contributed by atoms with Crippen molar-refractivity contribution in [1.29, 1.82) is 0 Å². The fraction of sp³-hybridized carbons (Fsp3) is 0.350. The number of fused-ring (bicyclic) bond motifs is 2. The molecule has 2 aromatic rings. The maximum atomic E-state index is 14.4. The number of hydrogen-bond acceptors (Lipinski definition) is 6. The lowest BCUT2D eigenvalue weighted by atomic mass is 9.76. The number of ether oxygens (including phenoxy) is 3. The molecule has 2 aromatic carbocycles. The molecule has 0 spiro atoms. The highest BCUT2D eigenvalue weighted by Crippen LogP contribution is 2.41. The number of hydrogen-bond donors (Lipinski definition) is 2. The van der Waals surface area contributed by atoms with Gasteiger partial charge in [-0.3, -0.25) is 4.79 Å². The molecule has 0 saturated carbocycles. The van der Waals surface area contributed by atoms with Crippen molar-refractivity contribution in [3.63, 3.8) is 0 Å². The average Bonchev–Trinajstić information content (AvgIpc) is 3.27. The van der Waals surface area contributed by atoms with Crippen LogP contribution in [0.15, 0.2) is 30.3 Å². The molecule has 4 rings (SSSR count). The van der Waals surface area contributed by atoms with Crippen molar-refractivity contribution in [3.8, 4) is 11.5 Å². The molecule has 2 N–H and O–H groups in total. The van der Waals surface area contributed by atoms with Gasteiger partial charge in [0.2, 0.25) is 0 Å². The Morgan fingerprint density at radius 1 is 1.32 bits per heavy atom. The van der Waals surface area contributed by atoms with E-state index in [2.05, 4.69) is 0 Å². The molecule has 8 heteroatoms. The first kappa shape index (κ1) is 18.8. The number of halogens is 1. The standard InChI is InChI=1S/C20H20BFO6/c1-26-19(23)8-11-10-27-18-9-12(2-3-13(11)18)28-17-7-4-14-15(21(24)25)5-6-16(22)20(14)17/h2-3,5-6,9,11,17,24-25H,4,7-8,10H2,1H3. The number of esters is 1. The highest BCUT2D eigenvalue weighted by molar-refractivity contribution is 6.59. The molecule has 28 heavy (non-hydrogen) atoms. The smallest absolute Gasteiger partial charge is 0.488 e. The highest BCUT2D eigenvalue weighted by atomic mass is 19.1. The van der Waals surface area contributed by atoms with Crippen molar-refractivity contribution in [1.82, 2.24) is 0 Å². The van der Waals surface area contributed by atoms with Crippen LogP contribution >= 0.6 is 0 Å². The molecule has 1 aliphatic carbocycles. The minimum atomic E-state index is -1.65. The molecule has 0 bridgehead atoms. The highest BCUT2D eigenvalue weighted by Gasteiger charge is 2.33. The van der Waals surface area contributed by atoms with Crippen LogP contribution in [0.5, 0.6) is 11.5 Å². The Bertz CT molecular complexity index is 916. The van der Waals surface area contributed by atoms with E-state index in [-0.39, 0.29) is 18.3 Å². The largest absolute Gasteiger partial charge is 0.492 e. The van der Waals surface area contributed by atoms with Crippen LogP contribution in [-0.2, 0) is 16.0 Å². The maximum absolute atomic E-state index is 14.4. The van der Waals surface area contributed by atoms with Gasteiger partial charge in [-0.15, -0.1) is 0 Å². The predicted octanol–water partition coefficient (Wildman–Crippen LogP) is 1.61. The normalized spacial score (nSPS) is 19.6. The SMILES string of the molecule is COC(=O)CC1COc2cc(OC3CCc4c(B(O)O)ccc(F)c43)ccc21. The summed E-state index contributed by atoms with van der Waals surface area (Å²) >= 11 is 0. The van der Waals surface area contributed by atoms with Crippen LogP contribution < -0.4 is 14.9 Å². The van der Waals surface area contributed by atoms with E-state index in [0.717, 1.165) is 5.56 Å². The Morgan fingerprint density at radius 3 is 2.89 bits per heavy atom. The van der Waals surface area contributed by atoms with Crippen LogP contribution in [-0.4, -0.2) is 36.9 Å². The summed E-state index contributed by atoms with van der Waals surface area (Å²) in [4.78, 5) is 11.5. The first-order chi connectivity index (χ1) is 13.5. The summed E-state index contributed by atoms with van der Waals surface area (Å²) < 4.78 is 30.8. The zero-order valence-corrected chi connectivity index (χ0v) is 15.4. The van der Waals surface area contributed by atoms with Crippen LogP contribution in [0.2, 0.25) is 0 Å². The van der Waals surface area contributed by atoms with E-state index in [1.807, 2.05) is 6.07 Å². The van der Waals surface area contributed by atoms with E-state index in [1.165, 1.54) is 19.2 Å². The third kappa shape index (κ3) is 3.34. The second-order valence-electron chi connectivity index (χ2n) is 7.04. The van der Waals surface area contributed by atoms with E-state index < -0.39 is 19.0 Å². The first-order valence-corrected chi connectivity index (χ1v) is 9.15. The second kappa shape index (κ2) is 7.45. The topological polar surface area (TPSA) is 85.2 Å². The van der Waals surface area contributed by atoms with Gasteiger partial charge < -0.3 is 24.3 Å². The first-order valence-electron chi connectivity index (χ1n) is 9.15. The summed E-state index contributed by atoms with van der Waals surface area (Å²) in [6, 6.07) is 8.00. The molecule has 2 unspecified atom stereocenters. The molecule has 1 heterocycles. The molecule has 146 valence electrons. The average molecular weight is 386 g/mol. The van der Waals surface area contributed by atoms with Crippen LogP contribution in [0.1, 0.15) is 41.6 Å². The van der Waals surface area contributed by atoms with E-state index in [9.17, 15) is 19.2 Å². The predicted molar refractivity (Wildman–Crippen MR) is 99.2 cm³/mol. The fourth-order valence-corrected chi connectivity index (χ4v) is 4.01. The maximum Gasteiger partial charge on any atom is 0.488 e. The van der Waals surface area contributed by atoms with Gasteiger partial charge in [-0.2, -0.15) is 0 Å². The minimum Gasteiger partial charge on any atom is -0.492 e. The zero-order valence-electron chi connectivity index (χ0n) is 15.4. The van der Waals surface area contributed by atoms with Crippen LogP contribution in [0, 0.1) is 5.82 Å². The van der Waals surface area contributed by atoms with Gasteiger partial charge in [0, 0.05) is 23.1 Å². The van der Waals surface area contributed by atoms with E-state index >= 15 is 0 Å². The Labute approximate surface area is 162 Å². The summed E-state index contributed by atoms with van der Waals surface area (Å²) in [5, 5.41) is 19.0. The lowest BCUT2D eigenvalue weighted by Crippen LogP contribution is -2.33. The Hall–Kier alpha value is -2.58. The van der Waals surface area contributed by atoms with Crippen molar-refractivity contribution in [3.05, 3.63) is 52.8 Å². The van der Waals surface area contributed by atoms with Crippen LogP contribution in [0.3, 0.4) is 0 Å². The second-order valence-corrected chi connectivity index (χ2v) is 7.04.